The normalized spacial score (nSPS) is 12.0. The predicted octanol–water partition coefficient (Wildman–Crippen LogP) is 1.08. The minimum atomic E-state index is -5.28. The molecule has 4 aromatic carbocycles. The molecular weight excluding hydrogens is 661 g/mol. The van der Waals surface area contributed by atoms with Crippen LogP contribution < -0.4 is 67.5 Å². The second-order valence-electron chi connectivity index (χ2n) is 8.08. The molecule has 2 aromatic heterocycles. The van der Waals surface area contributed by atoms with Gasteiger partial charge in [-0.15, -0.1) is 22.7 Å². The SMILES string of the molecule is O=S(=O)([O-])Oc1c(-c2sc3c(Cl)c4ccccc4cc3c2OS(=O)(=O)[O-])sc2c(Cl)c3ccccc3cc12.[Na+].[Na+]. The third kappa shape index (κ3) is 5.90. The predicted molar refractivity (Wildman–Crippen MR) is 148 cm³/mol. The molecule has 0 bridgehead atoms. The maximum absolute atomic E-state index is 11.8. The van der Waals surface area contributed by atoms with Crippen molar-refractivity contribution >= 4 is 108 Å². The van der Waals surface area contributed by atoms with E-state index < -0.39 is 20.8 Å². The summed E-state index contributed by atoms with van der Waals surface area (Å²) in [7, 11) is -10.6. The van der Waals surface area contributed by atoms with E-state index in [9.17, 15) is 25.9 Å². The number of thiophene rings is 2. The molecule has 2 heterocycles. The fourth-order valence-electron chi connectivity index (χ4n) is 4.32. The van der Waals surface area contributed by atoms with Crippen LogP contribution >= 0.6 is 45.9 Å². The van der Waals surface area contributed by atoms with Crippen molar-refractivity contribution in [3.8, 4) is 21.3 Å². The summed E-state index contributed by atoms with van der Waals surface area (Å²) in [6, 6.07) is 17.3. The van der Waals surface area contributed by atoms with Crippen LogP contribution in [0.4, 0.5) is 0 Å². The van der Waals surface area contributed by atoms with E-state index in [-0.39, 0.29) is 101 Å². The minimum absolute atomic E-state index is 0. The zero-order valence-corrected chi connectivity index (χ0v) is 29.2. The number of fused-ring (bicyclic) bond motifs is 4. The molecule has 0 N–H and O–H groups in total. The van der Waals surface area contributed by atoms with Gasteiger partial charge >= 0.3 is 59.1 Å². The van der Waals surface area contributed by atoms with Crippen LogP contribution in [0.1, 0.15) is 0 Å². The Kier molecular flexibility index (Phi) is 9.49. The van der Waals surface area contributed by atoms with E-state index >= 15 is 0 Å². The molecule has 6 aromatic rings. The van der Waals surface area contributed by atoms with Gasteiger partial charge in [-0.25, -0.2) is 16.8 Å². The van der Waals surface area contributed by atoms with Crippen molar-refractivity contribution in [2.24, 2.45) is 0 Å². The first-order chi connectivity index (χ1) is 17.9. The summed E-state index contributed by atoms with van der Waals surface area (Å²) >= 11 is 15.3. The first kappa shape index (κ1) is 32.2. The molecule has 0 atom stereocenters. The van der Waals surface area contributed by atoms with Crippen LogP contribution in [0.15, 0.2) is 60.7 Å². The fraction of sp³-hybridized carbons (Fsp3) is 0. The summed E-state index contributed by atoms with van der Waals surface area (Å²) in [5, 5.41) is 3.57. The summed E-state index contributed by atoms with van der Waals surface area (Å²) in [6.07, 6.45) is 0. The number of hydrogen-bond acceptors (Lipinski definition) is 10. The van der Waals surface area contributed by atoms with Crippen LogP contribution in [0.3, 0.4) is 0 Å². The molecule has 40 heavy (non-hydrogen) atoms. The number of rotatable bonds is 5. The van der Waals surface area contributed by atoms with Crippen molar-refractivity contribution in [3.05, 3.63) is 70.7 Å². The summed E-state index contributed by atoms with van der Waals surface area (Å²) in [4.78, 5) is 0.0493. The Morgan fingerprint density at radius 3 is 1.30 bits per heavy atom. The van der Waals surface area contributed by atoms with Gasteiger partial charge in [0.2, 0.25) is 0 Å². The third-order valence-electron chi connectivity index (χ3n) is 5.77. The first-order valence-corrected chi connectivity index (χ1v) is 15.6. The largest absolute Gasteiger partial charge is 1.00 e. The van der Waals surface area contributed by atoms with Crippen molar-refractivity contribution in [2.45, 2.75) is 0 Å². The Bertz CT molecular complexity index is 2020. The van der Waals surface area contributed by atoms with Crippen LogP contribution in [0.25, 0.3) is 51.5 Å². The number of benzene rings is 4. The maximum Gasteiger partial charge on any atom is 1.00 e. The van der Waals surface area contributed by atoms with Crippen LogP contribution in [-0.4, -0.2) is 25.9 Å². The van der Waals surface area contributed by atoms with E-state index in [1.165, 1.54) is 0 Å². The molecule has 0 aliphatic carbocycles. The Morgan fingerprint density at radius 1 is 0.600 bits per heavy atom. The zero-order valence-electron chi connectivity index (χ0n) is 20.4. The van der Waals surface area contributed by atoms with Crippen molar-refractivity contribution in [3.63, 3.8) is 0 Å². The molecule has 0 amide bonds. The Hall–Kier alpha value is -0.680. The Morgan fingerprint density at radius 2 is 0.950 bits per heavy atom. The van der Waals surface area contributed by atoms with Gasteiger partial charge in [0.1, 0.15) is 0 Å². The third-order valence-corrected chi connectivity index (χ3v) is 10.1. The molecule has 0 spiro atoms. The molecular formula is C24H10Cl2Na2O8S4. The molecule has 0 aliphatic rings. The van der Waals surface area contributed by atoms with Crippen molar-refractivity contribution < 1.29 is 93.4 Å². The second kappa shape index (κ2) is 11.8. The molecule has 8 nitrogen and oxygen atoms in total. The van der Waals surface area contributed by atoms with E-state index in [4.69, 9.17) is 31.6 Å². The average molecular weight is 671 g/mol. The Balaban J connectivity index is 0.00000185. The standard InChI is InChI=1S/C24H12Cl2O8S4.2Na/c25-17-13-7-3-1-5-11(13)9-15-19(33-37(27,28)29)23(35-21(15)17)24-20(34-38(30,31)32)16-10-12-6-2-4-8-14(12)18(26)22(16)36-24;;/h1-10H,(H,27,28,29)(H,30,31,32);;/q;2*+1/p-2. The minimum Gasteiger partial charge on any atom is -0.716 e. The van der Waals surface area contributed by atoms with Crippen LogP contribution in [-0.2, 0) is 20.8 Å². The van der Waals surface area contributed by atoms with Gasteiger partial charge in [0.15, 0.2) is 11.5 Å². The van der Waals surface area contributed by atoms with Gasteiger partial charge in [-0.05, 0) is 22.9 Å². The molecule has 16 heteroatoms. The van der Waals surface area contributed by atoms with Gasteiger partial charge in [0, 0.05) is 21.5 Å². The van der Waals surface area contributed by atoms with Gasteiger partial charge in [-0.2, -0.15) is 0 Å². The van der Waals surface area contributed by atoms with Gasteiger partial charge in [0.25, 0.3) is 20.8 Å². The molecule has 194 valence electrons. The molecule has 6 rings (SSSR count). The van der Waals surface area contributed by atoms with Crippen LogP contribution in [0.5, 0.6) is 11.5 Å². The van der Waals surface area contributed by atoms with E-state index in [0.29, 0.717) is 30.9 Å². The zero-order chi connectivity index (χ0) is 27.0. The van der Waals surface area contributed by atoms with Gasteiger partial charge in [-0.1, -0.05) is 71.7 Å². The van der Waals surface area contributed by atoms with E-state index in [1.54, 1.807) is 60.7 Å². The second-order valence-corrected chi connectivity index (χ2v) is 12.8. The van der Waals surface area contributed by atoms with E-state index in [1.807, 2.05) is 0 Å². The summed E-state index contributed by atoms with van der Waals surface area (Å²) in [6.45, 7) is 0. The smallest absolute Gasteiger partial charge is 0.716 e. The summed E-state index contributed by atoms with van der Waals surface area (Å²) in [5.41, 5.74) is 0. The molecule has 0 aliphatic heterocycles. The van der Waals surface area contributed by atoms with Crippen molar-refractivity contribution in [1.29, 1.82) is 0 Å². The molecule has 0 saturated heterocycles. The number of hydrogen-bond donors (Lipinski definition) is 0. The van der Waals surface area contributed by atoms with Gasteiger partial charge in [-0.3, -0.25) is 0 Å². The maximum atomic E-state index is 11.8. The first-order valence-electron chi connectivity index (χ1n) is 10.5. The average Bonchev–Trinajstić information content (AvgIpc) is 3.36. The summed E-state index contributed by atoms with van der Waals surface area (Å²) < 4.78 is 81.2. The number of halogens is 2. The summed E-state index contributed by atoms with van der Waals surface area (Å²) in [5.74, 6) is -0.735. The van der Waals surface area contributed by atoms with E-state index in [2.05, 4.69) is 0 Å². The van der Waals surface area contributed by atoms with Crippen LogP contribution in [0, 0.1) is 0 Å². The van der Waals surface area contributed by atoms with Crippen molar-refractivity contribution in [1.82, 2.24) is 0 Å². The van der Waals surface area contributed by atoms with Crippen molar-refractivity contribution in [2.75, 3.05) is 0 Å². The fourth-order valence-corrected chi connectivity index (χ4v) is 8.39. The topological polar surface area (TPSA) is 133 Å². The molecule has 0 radical (unpaired) electrons. The van der Waals surface area contributed by atoms with Crippen LogP contribution in [0.2, 0.25) is 10.0 Å². The van der Waals surface area contributed by atoms with E-state index in [0.717, 1.165) is 22.7 Å². The monoisotopic (exact) mass is 670 g/mol. The molecule has 0 unspecified atom stereocenters. The quantitative estimate of drug-likeness (QED) is 0.151. The van der Waals surface area contributed by atoms with Gasteiger partial charge < -0.3 is 17.5 Å². The van der Waals surface area contributed by atoms with Gasteiger partial charge in [0.05, 0.1) is 29.2 Å². The molecule has 0 saturated carbocycles. The Labute approximate surface area is 290 Å². The molecule has 0 fully saturated rings.